The second-order valence-corrected chi connectivity index (χ2v) is 5.79. The zero-order valence-electron chi connectivity index (χ0n) is 11.9. The molecule has 21 heavy (non-hydrogen) atoms. The number of nitrogens with one attached hydrogen (secondary N) is 1. The molecule has 0 fully saturated rings. The van der Waals surface area contributed by atoms with Gasteiger partial charge in [-0.1, -0.05) is 36.2 Å². The zero-order valence-corrected chi connectivity index (χ0v) is 12.7. The quantitative estimate of drug-likeness (QED) is 0.519. The number of halogens is 1. The highest BCUT2D eigenvalue weighted by Gasteiger charge is 2.16. The monoisotopic (exact) mass is 302 g/mol. The fourth-order valence-electron chi connectivity index (χ4n) is 2.83. The third kappa shape index (κ3) is 3.17. The Hall–Kier alpha value is -1.65. The van der Waals surface area contributed by atoms with E-state index in [1.165, 1.54) is 24.8 Å². The normalized spacial score (nSPS) is 14.4. The average Bonchev–Trinajstić information content (AvgIpc) is 2.74. The summed E-state index contributed by atoms with van der Waals surface area (Å²) in [4.78, 5) is 9.33. The van der Waals surface area contributed by atoms with Crippen LogP contribution in [-0.4, -0.2) is 9.97 Å². The number of rotatable bonds is 3. The molecule has 1 aliphatic rings. The van der Waals surface area contributed by atoms with E-state index >= 15 is 0 Å². The van der Waals surface area contributed by atoms with Crippen LogP contribution >= 0.6 is 11.6 Å². The third-order valence-electron chi connectivity index (χ3n) is 3.92. The van der Waals surface area contributed by atoms with Crippen LogP contribution in [0.3, 0.4) is 0 Å². The molecule has 1 heterocycles. The molecule has 1 aromatic carbocycles. The number of nitrogen functional groups attached to an aromatic ring is 1. The van der Waals surface area contributed by atoms with Gasteiger partial charge in [0.05, 0.1) is 0 Å². The van der Waals surface area contributed by atoms with E-state index in [0.29, 0.717) is 6.42 Å². The zero-order chi connectivity index (χ0) is 14.7. The predicted octanol–water partition coefficient (Wildman–Crippen LogP) is 3.28. The molecular weight excluding hydrogens is 284 g/mol. The molecule has 0 saturated heterocycles. The smallest absolute Gasteiger partial charge is 0.147 e. The van der Waals surface area contributed by atoms with Gasteiger partial charge in [0, 0.05) is 22.7 Å². The lowest BCUT2D eigenvalue weighted by atomic mass is 10.1. The Kier molecular flexibility index (Phi) is 4.36. The van der Waals surface area contributed by atoms with Crippen molar-refractivity contribution in [1.29, 1.82) is 0 Å². The molecule has 3 rings (SSSR count). The average molecular weight is 303 g/mol. The fourth-order valence-corrected chi connectivity index (χ4v) is 3.04. The van der Waals surface area contributed by atoms with Gasteiger partial charge >= 0.3 is 0 Å². The van der Waals surface area contributed by atoms with E-state index in [1.807, 2.05) is 24.3 Å². The summed E-state index contributed by atoms with van der Waals surface area (Å²) in [6, 6.07) is 7.80. The van der Waals surface area contributed by atoms with Gasteiger partial charge in [-0.3, -0.25) is 0 Å². The topological polar surface area (TPSA) is 63.8 Å². The van der Waals surface area contributed by atoms with E-state index in [9.17, 15) is 0 Å². The van der Waals surface area contributed by atoms with Gasteiger partial charge in [0.1, 0.15) is 11.6 Å². The number of fused-ring (bicyclic) bond motifs is 1. The van der Waals surface area contributed by atoms with Crippen LogP contribution in [0.1, 0.15) is 41.9 Å². The lowest BCUT2D eigenvalue weighted by Gasteiger charge is -2.13. The van der Waals surface area contributed by atoms with Gasteiger partial charge in [0.15, 0.2) is 0 Å². The minimum absolute atomic E-state index is 0.627. The summed E-state index contributed by atoms with van der Waals surface area (Å²) in [7, 11) is 0. The Bertz CT molecular complexity index is 642. The number of benzene rings is 1. The van der Waals surface area contributed by atoms with Crippen LogP contribution in [0.5, 0.6) is 0 Å². The molecule has 0 radical (unpaired) electrons. The number of anilines is 1. The van der Waals surface area contributed by atoms with Crippen LogP contribution in [0.4, 0.5) is 5.82 Å². The predicted molar refractivity (Wildman–Crippen MR) is 85.4 cm³/mol. The number of aromatic nitrogens is 2. The molecule has 0 atom stereocenters. The summed E-state index contributed by atoms with van der Waals surface area (Å²) in [5.41, 5.74) is 6.09. The van der Waals surface area contributed by atoms with Crippen molar-refractivity contribution >= 4 is 17.4 Å². The Morgan fingerprint density at radius 2 is 1.90 bits per heavy atom. The first-order chi connectivity index (χ1) is 10.3. The Morgan fingerprint density at radius 1 is 1.10 bits per heavy atom. The van der Waals surface area contributed by atoms with E-state index in [4.69, 9.17) is 22.4 Å². The minimum atomic E-state index is 0.627. The van der Waals surface area contributed by atoms with Gasteiger partial charge in [0.25, 0.3) is 0 Å². The molecule has 3 N–H and O–H groups in total. The Labute approximate surface area is 129 Å². The maximum Gasteiger partial charge on any atom is 0.147 e. The molecule has 0 saturated carbocycles. The SMILES string of the molecule is NNc1nc(Cc2ccccc2Cl)nc2c1CCCCC2. The van der Waals surface area contributed by atoms with E-state index in [1.54, 1.807) is 0 Å². The van der Waals surface area contributed by atoms with Crippen molar-refractivity contribution in [3.63, 3.8) is 0 Å². The molecule has 2 aromatic rings. The lowest BCUT2D eigenvalue weighted by molar-refractivity contribution is 0.708. The number of hydrogen-bond donors (Lipinski definition) is 2. The van der Waals surface area contributed by atoms with Crippen LogP contribution in [0.15, 0.2) is 24.3 Å². The minimum Gasteiger partial charge on any atom is -0.308 e. The molecule has 0 unspecified atom stereocenters. The van der Waals surface area contributed by atoms with Crippen molar-refractivity contribution in [2.45, 2.75) is 38.5 Å². The largest absolute Gasteiger partial charge is 0.308 e. The molecule has 1 aromatic heterocycles. The van der Waals surface area contributed by atoms with Crippen molar-refractivity contribution in [2.75, 3.05) is 5.43 Å². The summed E-state index contributed by atoms with van der Waals surface area (Å²) in [5, 5.41) is 0.748. The van der Waals surface area contributed by atoms with Crippen LogP contribution in [0.25, 0.3) is 0 Å². The first-order valence-electron chi connectivity index (χ1n) is 7.36. The van der Waals surface area contributed by atoms with Crippen molar-refractivity contribution in [2.24, 2.45) is 5.84 Å². The molecule has 0 spiro atoms. The highest BCUT2D eigenvalue weighted by atomic mass is 35.5. The van der Waals surface area contributed by atoms with Crippen molar-refractivity contribution < 1.29 is 0 Å². The lowest BCUT2D eigenvalue weighted by Crippen LogP contribution is -2.15. The highest BCUT2D eigenvalue weighted by molar-refractivity contribution is 6.31. The molecule has 110 valence electrons. The third-order valence-corrected chi connectivity index (χ3v) is 4.29. The number of hydrogen-bond acceptors (Lipinski definition) is 4. The molecule has 0 aliphatic heterocycles. The highest BCUT2D eigenvalue weighted by Crippen LogP contribution is 2.25. The van der Waals surface area contributed by atoms with Gasteiger partial charge in [-0.2, -0.15) is 0 Å². The van der Waals surface area contributed by atoms with Crippen LogP contribution in [0.2, 0.25) is 5.02 Å². The van der Waals surface area contributed by atoms with Gasteiger partial charge in [-0.15, -0.1) is 0 Å². The first kappa shape index (κ1) is 14.3. The van der Waals surface area contributed by atoms with Gasteiger partial charge in [-0.25, -0.2) is 15.8 Å². The standard InChI is InChI=1S/C16H19ClN4/c17-13-8-5-4-6-11(13)10-15-19-14-9-3-1-2-7-12(14)16(20-15)21-18/h4-6,8H,1-3,7,9-10,18H2,(H,19,20,21). The van der Waals surface area contributed by atoms with Gasteiger partial charge < -0.3 is 5.43 Å². The summed E-state index contributed by atoms with van der Waals surface area (Å²) >= 11 is 6.22. The summed E-state index contributed by atoms with van der Waals surface area (Å²) < 4.78 is 0. The van der Waals surface area contributed by atoms with Crippen molar-refractivity contribution in [3.05, 3.63) is 51.9 Å². The maximum atomic E-state index is 6.22. The number of nitrogens with two attached hydrogens (primary N) is 1. The van der Waals surface area contributed by atoms with Crippen LogP contribution in [-0.2, 0) is 19.3 Å². The summed E-state index contributed by atoms with van der Waals surface area (Å²) in [6.45, 7) is 0. The van der Waals surface area contributed by atoms with E-state index in [0.717, 1.165) is 40.8 Å². The van der Waals surface area contributed by atoms with E-state index in [-0.39, 0.29) is 0 Å². The second-order valence-electron chi connectivity index (χ2n) is 5.39. The summed E-state index contributed by atoms with van der Waals surface area (Å²) in [5.74, 6) is 7.19. The van der Waals surface area contributed by atoms with Gasteiger partial charge in [-0.05, 0) is 37.3 Å². The Balaban J connectivity index is 1.96. The van der Waals surface area contributed by atoms with Crippen LogP contribution in [0, 0.1) is 0 Å². The van der Waals surface area contributed by atoms with Crippen LogP contribution < -0.4 is 11.3 Å². The number of aryl methyl sites for hydroxylation is 1. The first-order valence-corrected chi connectivity index (χ1v) is 7.74. The molecule has 0 amide bonds. The fraction of sp³-hybridized carbons (Fsp3) is 0.375. The molecule has 5 heteroatoms. The second kappa shape index (κ2) is 6.41. The number of nitrogens with zero attached hydrogens (tertiary/aromatic N) is 2. The van der Waals surface area contributed by atoms with Crippen molar-refractivity contribution in [3.8, 4) is 0 Å². The molecule has 1 aliphatic carbocycles. The molecule has 4 nitrogen and oxygen atoms in total. The molecule has 0 bridgehead atoms. The van der Waals surface area contributed by atoms with E-state index in [2.05, 4.69) is 10.4 Å². The maximum absolute atomic E-state index is 6.22. The number of hydrazine groups is 1. The Morgan fingerprint density at radius 3 is 2.71 bits per heavy atom. The van der Waals surface area contributed by atoms with Gasteiger partial charge in [0.2, 0.25) is 0 Å². The molecular formula is C16H19ClN4. The van der Waals surface area contributed by atoms with Crippen molar-refractivity contribution in [1.82, 2.24) is 9.97 Å². The van der Waals surface area contributed by atoms with E-state index < -0.39 is 0 Å². The summed E-state index contributed by atoms with van der Waals surface area (Å²) in [6.07, 6.45) is 6.22.